The standard InChI is InChI=1S/C16H12ClNO/c1-3-12-7-5-8-13(10-12)18-16(19)14-9-4-6-11(2)15(14)17/h1,4-10H,2H3,(H,18,19). The lowest BCUT2D eigenvalue weighted by Crippen LogP contribution is -2.12. The molecule has 0 aliphatic rings. The van der Waals surface area contributed by atoms with Crippen LogP contribution in [0.15, 0.2) is 42.5 Å². The van der Waals surface area contributed by atoms with Crippen LogP contribution in [0.2, 0.25) is 5.02 Å². The highest BCUT2D eigenvalue weighted by Gasteiger charge is 2.11. The third kappa shape index (κ3) is 2.96. The highest BCUT2D eigenvalue weighted by molar-refractivity contribution is 6.35. The number of nitrogens with one attached hydrogen (secondary N) is 1. The molecule has 0 aliphatic carbocycles. The van der Waals surface area contributed by atoms with E-state index in [1.54, 1.807) is 36.4 Å². The predicted molar refractivity (Wildman–Crippen MR) is 78.5 cm³/mol. The molecule has 2 nitrogen and oxygen atoms in total. The van der Waals surface area contributed by atoms with E-state index < -0.39 is 0 Å². The molecular formula is C16H12ClNO. The molecule has 2 rings (SSSR count). The Morgan fingerprint density at radius 1 is 1.26 bits per heavy atom. The van der Waals surface area contributed by atoms with Gasteiger partial charge in [-0.25, -0.2) is 0 Å². The van der Waals surface area contributed by atoms with Crippen molar-refractivity contribution in [2.75, 3.05) is 5.32 Å². The van der Waals surface area contributed by atoms with Crippen LogP contribution in [0.5, 0.6) is 0 Å². The van der Waals surface area contributed by atoms with Gasteiger partial charge in [0.15, 0.2) is 0 Å². The lowest BCUT2D eigenvalue weighted by Gasteiger charge is -2.08. The van der Waals surface area contributed by atoms with Gasteiger partial charge in [-0.3, -0.25) is 4.79 Å². The van der Waals surface area contributed by atoms with Gasteiger partial charge in [0.05, 0.1) is 10.6 Å². The summed E-state index contributed by atoms with van der Waals surface area (Å²) in [4.78, 5) is 12.1. The molecule has 0 saturated heterocycles. The van der Waals surface area contributed by atoms with Gasteiger partial charge < -0.3 is 5.32 Å². The Balaban J connectivity index is 2.26. The lowest BCUT2D eigenvalue weighted by atomic mass is 10.1. The minimum atomic E-state index is -0.247. The van der Waals surface area contributed by atoms with E-state index in [0.717, 1.165) is 5.56 Å². The van der Waals surface area contributed by atoms with E-state index in [1.165, 1.54) is 0 Å². The molecule has 0 bridgehead atoms. The summed E-state index contributed by atoms with van der Waals surface area (Å²) in [6, 6.07) is 12.5. The third-order valence-corrected chi connectivity index (χ3v) is 3.23. The monoisotopic (exact) mass is 269 g/mol. The molecule has 0 atom stereocenters. The summed E-state index contributed by atoms with van der Waals surface area (Å²) >= 11 is 6.12. The van der Waals surface area contributed by atoms with Crippen molar-refractivity contribution in [3.05, 3.63) is 64.2 Å². The van der Waals surface area contributed by atoms with Crippen LogP contribution in [0.1, 0.15) is 21.5 Å². The number of rotatable bonds is 2. The summed E-state index contributed by atoms with van der Waals surface area (Å²) in [5, 5.41) is 3.25. The maximum absolute atomic E-state index is 12.1. The summed E-state index contributed by atoms with van der Waals surface area (Å²) in [6.45, 7) is 1.86. The number of amides is 1. The van der Waals surface area contributed by atoms with Crippen LogP contribution < -0.4 is 5.32 Å². The summed E-state index contributed by atoms with van der Waals surface area (Å²) in [6.07, 6.45) is 5.32. The summed E-state index contributed by atoms with van der Waals surface area (Å²) in [5.41, 5.74) is 2.69. The molecule has 2 aromatic rings. The zero-order chi connectivity index (χ0) is 13.8. The fourth-order valence-electron chi connectivity index (χ4n) is 1.71. The van der Waals surface area contributed by atoms with Crippen LogP contribution in [0, 0.1) is 19.3 Å². The van der Waals surface area contributed by atoms with Crippen LogP contribution in [-0.2, 0) is 0 Å². The van der Waals surface area contributed by atoms with E-state index in [0.29, 0.717) is 21.8 Å². The fourth-order valence-corrected chi connectivity index (χ4v) is 1.92. The molecule has 2 aromatic carbocycles. The lowest BCUT2D eigenvalue weighted by molar-refractivity contribution is 0.102. The fraction of sp³-hybridized carbons (Fsp3) is 0.0625. The zero-order valence-corrected chi connectivity index (χ0v) is 11.2. The Bertz CT molecular complexity index is 671. The Kier molecular flexibility index (Phi) is 3.89. The Labute approximate surface area is 117 Å². The van der Waals surface area contributed by atoms with E-state index in [4.69, 9.17) is 18.0 Å². The molecule has 0 fully saturated rings. The van der Waals surface area contributed by atoms with Gasteiger partial charge in [-0.15, -0.1) is 6.42 Å². The minimum absolute atomic E-state index is 0.247. The highest BCUT2D eigenvalue weighted by atomic mass is 35.5. The smallest absolute Gasteiger partial charge is 0.257 e. The van der Waals surface area contributed by atoms with Gasteiger partial charge in [-0.05, 0) is 36.8 Å². The van der Waals surface area contributed by atoms with Crippen molar-refractivity contribution in [1.29, 1.82) is 0 Å². The zero-order valence-electron chi connectivity index (χ0n) is 10.4. The first kappa shape index (κ1) is 13.2. The normalized spacial score (nSPS) is 9.74. The van der Waals surface area contributed by atoms with Gasteiger partial charge >= 0.3 is 0 Å². The quantitative estimate of drug-likeness (QED) is 0.824. The number of carbonyl (C=O) groups is 1. The third-order valence-electron chi connectivity index (χ3n) is 2.72. The van der Waals surface area contributed by atoms with Crippen molar-refractivity contribution in [2.24, 2.45) is 0 Å². The number of benzene rings is 2. The Hall–Kier alpha value is -2.24. The molecule has 0 saturated carbocycles. The second-order valence-electron chi connectivity index (χ2n) is 4.12. The predicted octanol–water partition coefficient (Wildman–Crippen LogP) is 3.88. The molecular weight excluding hydrogens is 258 g/mol. The molecule has 1 N–H and O–H groups in total. The number of anilines is 1. The van der Waals surface area contributed by atoms with Gasteiger partial charge in [0.1, 0.15) is 0 Å². The van der Waals surface area contributed by atoms with E-state index in [9.17, 15) is 4.79 Å². The number of carbonyl (C=O) groups excluding carboxylic acids is 1. The van der Waals surface area contributed by atoms with Crippen LogP contribution in [0.25, 0.3) is 0 Å². The number of terminal acetylenes is 1. The molecule has 0 heterocycles. The van der Waals surface area contributed by atoms with E-state index >= 15 is 0 Å². The largest absolute Gasteiger partial charge is 0.322 e. The molecule has 94 valence electrons. The first-order chi connectivity index (χ1) is 9.11. The topological polar surface area (TPSA) is 29.1 Å². The van der Waals surface area contributed by atoms with Crippen LogP contribution in [0.4, 0.5) is 5.69 Å². The highest BCUT2D eigenvalue weighted by Crippen LogP contribution is 2.21. The first-order valence-electron chi connectivity index (χ1n) is 5.75. The maximum Gasteiger partial charge on any atom is 0.257 e. The molecule has 0 unspecified atom stereocenters. The molecule has 0 radical (unpaired) electrons. The van der Waals surface area contributed by atoms with Gasteiger partial charge in [-0.2, -0.15) is 0 Å². The van der Waals surface area contributed by atoms with E-state index in [-0.39, 0.29) is 5.91 Å². The van der Waals surface area contributed by atoms with Crippen molar-refractivity contribution >= 4 is 23.2 Å². The number of hydrogen-bond donors (Lipinski definition) is 1. The van der Waals surface area contributed by atoms with Gasteiger partial charge in [-0.1, -0.05) is 35.7 Å². The van der Waals surface area contributed by atoms with Gasteiger partial charge in [0.2, 0.25) is 0 Å². The summed E-state index contributed by atoms with van der Waals surface area (Å²) in [7, 11) is 0. The molecule has 0 aromatic heterocycles. The van der Waals surface area contributed by atoms with Crippen molar-refractivity contribution in [3.63, 3.8) is 0 Å². The van der Waals surface area contributed by atoms with Crippen LogP contribution in [0.3, 0.4) is 0 Å². The van der Waals surface area contributed by atoms with Crippen molar-refractivity contribution in [1.82, 2.24) is 0 Å². The van der Waals surface area contributed by atoms with Crippen molar-refractivity contribution in [2.45, 2.75) is 6.92 Å². The van der Waals surface area contributed by atoms with Crippen LogP contribution >= 0.6 is 11.6 Å². The summed E-state index contributed by atoms with van der Waals surface area (Å²) in [5.74, 6) is 2.28. The number of aryl methyl sites for hydroxylation is 1. The SMILES string of the molecule is C#Cc1cccc(NC(=O)c2cccc(C)c2Cl)c1. The van der Waals surface area contributed by atoms with Crippen molar-refractivity contribution < 1.29 is 4.79 Å². The number of hydrogen-bond acceptors (Lipinski definition) is 1. The average Bonchev–Trinajstić information content (AvgIpc) is 2.42. The Morgan fingerprint density at radius 3 is 2.74 bits per heavy atom. The Morgan fingerprint density at radius 2 is 2.00 bits per heavy atom. The number of halogens is 1. The molecule has 19 heavy (non-hydrogen) atoms. The van der Waals surface area contributed by atoms with E-state index in [2.05, 4.69) is 11.2 Å². The maximum atomic E-state index is 12.1. The first-order valence-corrected chi connectivity index (χ1v) is 6.13. The molecule has 0 spiro atoms. The average molecular weight is 270 g/mol. The second-order valence-corrected chi connectivity index (χ2v) is 4.49. The van der Waals surface area contributed by atoms with Crippen molar-refractivity contribution in [3.8, 4) is 12.3 Å². The summed E-state index contributed by atoms with van der Waals surface area (Å²) < 4.78 is 0. The molecule has 1 amide bonds. The molecule has 0 aliphatic heterocycles. The van der Waals surface area contributed by atoms with Crippen LogP contribution in [-0.4, -0.2) is 5.91 Å². The van der Waals surface area contributed by atoms with Gasteiger partial charge in [0, 0.05) is 11.3 Å². The molecule has 3 heteroatoms. The second kappa shape index (κ2) is 5.60. The van der Waals surface area contributed by atoms with Gasteiger partial charge in [0.25, 0.3) is 5.91 Å². The minimum Gasteiger partial charge on any atom is -0.322 e. The van der Waals surface area contributed by atoms with E-state index in [1.807, 2.05) is 13.0 Å².